The number of nitrogens with one attached hydrogen (secondary N) is 1. The molecule has 0 radical (unpaired) electrons. The molecule has 0 bridgehead atoms. The number of hydrogen-bond donors (Lipinski definition) is 2. The Morgan fingerprint density at radius 1 is 1.29 bits per heavy atom. The van der Waals surface area contributed by atoms with E-state index in [0.717, 1.165) is 17.7 Å². The van der Waals surface area contributed by atoms with Crippen LogP contribution in [0.1, 0.15) is 11.1 Å². The third-order valence-corrected chi connectivity index (χ3v) is 5.34. The van der Waals surface area contributed by atoms with Crippen molar-refractivity contribution < 1.29 is 17.9 Å². The number of aliphatic hydroxyl groups excluding tert-OH is 1. The average Bonchev–Trinajstić information content (AvgIpc) is 2.44. The Hall–Kier alpha value is -1.44. The van der Waals surface area contributed by atoms with Crippen molar-refractivity contribution in [1.82, 2.24) is 0 Å². The zero-order chi connectivity index (χ0) is 15.6. The van der Waals surface area contributed by atoms with Crippen molar-refractivity contribution in [2.45, 2.75) is 18.4 Å². The summed E-state index contributed by atoms with van der Waals surface area (Å²) in [5.41, 5.74) is 1.49. The molecule has 0 fully saturated rings. The smallest absolute Gasteiger partial charge is 0.264 e. The van der Waals surface area contributed by atoms with E-state index in [0.29, 0.717) is 15.7 Å². The quantitative estimate of drug-likeness (QED) is 0.864. The maximum absolute atomic E-state index is 13.8. The Morgan fingerprint density at radius 2 is 2.00 bits per heavy atom. The number of aryl methyl sites for hydroxylation is 1. The first-order valence-corrected chi connectivity index (χ1v) is 8.30. The molecule has 0 aliphatic heterocycles. The molecule has 0 amide bonds. The third-order valence-electron chi connectivity index (χ3n) is 2.90. The highest BCUT2D eigenvalue weighted by Crippen LogP contribution is 2.28. The van der Waals surface area contributed by atoms with E-state index >= 15 is 0 Å². The van der Waals surface area contributed by atoms with Crippen molar-refractivity contribution in [2.75, 3.05) is 4.72 Å². The number of sulfonamides is 1. The van der Waals surface area contributed by atoms with Crippen LogP contribution in [0.4, 0.5) is 10.1 Å². The molecule has 0 aromatic heterocycles. The largest absolute Gasteiger partial charge is 0.392 e. The van der Waals surface area contributed by atoms with Gasteiger partial charge in [0.05, 0.1) is 12.3 Å². The average molecular weight is 374 g/mol. The number of halogens is 2. The molecule has 7 heteroatoms. The van der Waals surface area contributed by atoms with Crippen molar-refractivity contribution in [1.29, 1.82) is 0 Å². The molecule has 0 aliphatic carbocycles. The fourth-order valence-electron chi connectivity index (χ4n) is 1.78. The van der Waals surface area contributed by atoms with Gasteiger partial charge in [0.1, 0.15) is 10.7 Å². The minimum Gasteiger partial charge on any atom is -0.392 e. The fourth-order valence-corrected chi connectivity index (χ4v) is 3.47. The second-order valence-corrected chi connectivity index (χ2v) is 6.91. The highest BCUT2D eigenvalue weighted by molar-refractivity contribution is 9.10. The Labute approximate surface area is 130 Å². The van der Waals surface area contributed by atoms with Gasteiger partial charge < -0.3 is 5.11 Å². The van der Waals surface area contributed by atoms with Crippen LogP contribution in [0.3, 0.4) is 0 Å². The number of rotatable bonds is 4. The van der Waals surface area contributed by atoms with Crippen LogP contribution in [0, 0.1) is 12.7 Å². The highest BCUT2D eigenvalue weighted by atomic mass is 79.9. The molecule has 0 atom stereocenters. The predicted molar refractivity (Wildman–Crippen MR) is 82.0 cm³/mol. The first-order valence-electron chi connectivity index (χ1n) is 6.02. The van der Waals surface area contributed by atoms with Crippen LogP contribution < -0.4 is 4.72 Å². The minimum atomic E-state index is -4.08. The molecule has 2 rings (SSSR count). The summed E-state index contributed by atoms with van der Waals surface area (Å²) in [5.74, 6) is -0.872. The van der Waals surface area contributed by atoms with Gasteiger partial charge in [-0.25, -0.2) is 12.8 Å². The van der Waals surface area contributed by atoms with Gasteiger partial charge in [-0.1, -0.05) is 18.2 Å². The van der Waals surface area contributed by atoms with Crippen LogP contribution in [0.25, 0.3) is 0 Å². The zero-order valence-electron chi connectivity index (χ0n) is 11.1. The van der Waals surface area contributed by atoms with Crippen LogP contribution >= 0.6 is 15.9 Å². The molecule has 0 heterocycles. The molecule has 0 saturated heterocycles. The number of anilines is 1. The van der Waals surface area contributed by atoms with Crippen LogP contribution in [0.15, 0.2) is 45.8 Å². The molecular formula is C14H13BrFNO3S. The lowest BCUT2D eigenvalue weighted by Crippen LogP contribution is -2.15. The molecule has 4 nitrogen and oxygen atoms in total. The summed E-state index contributed by atoms with van der Waals surface area (Å²) in [4.78, 5) is -0.498. The van der Waals surface area contributed by atoms with Gasteiger partial charge in [0.15, 0.2) is 0 Å². The lowest BCUT2D eigenvalue weighted by Gasteiger charge is -2.12. The first kappa shape index (κ1) is 15.9. The van der Waals surface area contributed by atoms with Gasteiger partial charge in [0.2, 0.25) is 0 Å². The van der Waals surface area contributed by atoms with Crippen LogP contribution in [0.2, 0.25) is 0 Å². The maximum Gasteiger partial charge on any atom is 0.264 e. The SMILES string of the molecule is Cc1cccc(NS(=O)(=O)c2cc(CO)ccc2F)c1Br. The fraction of sp³-hybridized carbons (Fsp3) is 0.143. The lowest BCUT2D eigenvalue weighted by molar-refractivity contribution is 0.281. The van der Waals surface area contributed by atoms with E-state index < -0.39 is 20.7 Å². The van der Waals surface area contributed by atoms with E-state index in [1.807, 2.05) is 13.0 Å². The molecule has 0 spiro atoms. The summed E-state index contributed by atoms with van der Waals surface area (Å²) in [5, 5.41) is 9.04. The minimum absolute atomic E-state index is 0.320. The summed E-state index contributed by atoms with van der Waals surface area (Å²) in [6.45, 7) is 1.45. The van der Waals surface area contributed by atoms with Gasteiger partial charge in [0.25, 0.3) is 10.0 Å². The van der Waals surface area contributed by atoms with Crippen molar-refractivity contribution in [2.24, 2.45) is 0 Å². The van der Waals surface area contributed by atoms with Gasteiger partial charge in [0, 0.05) is 4.47 Å². The molecule has 0 aliphatic rings. The standard InChI is InChI=1S/C14H13BrFNO3S/c1-9-3-2-4-12(14(9)15)17-21(19,20)13-7-10(8-18)5-6-11(13)16/h2-7,17-18H,8H2,1H3. The van der Waals surface area contributed by atoms with Crippen LogP contribution in [-0.4, -0.2) is 13.5 Å². The molecule has 0 saturated carbocycles. The van der Waals surface area contributed by atoms with E-state index in [1.54, 1.807) is 12.1 Å². The normalized spacial score (nSPS) is 11.4. The van der Waals surface area contributed by atoms with E-state index in [-0.39, 0.29) is 6.61 Å². The summed E-state index contributed by atoms with van der Waals surface area (Å²) in [6.07, 6.45) is 0. The zero-order valence-corrected chi connectivity index (χ0v) is 13.5. The number of hydrogen-bond acceptors (Lipinski definition) is 3. The Kier molecular flexibility index (Phi) is 4.65. The van der Waals surface area contributed by atoms with Gasteiger partial charge in [-0.15, -0.1) is 0 Å². The Balaban J connectivity index is 2.46. The molecule has 2 aromatic carbocycles. The van der Waals surface area contributed by atoms with Gasteiger partial charge in [-0.05, 0) is 52.2 Å². The van der Waals surface area contributed by atoms with Gasteiger partial charge in [-0.3, -0.25) is 4.72 Å². The molecule has 2 aromatic rings. The van der Waals surface area contributed by atoms with Crippen LogP contribution in [-0.2, 0) is 16.6 Å². The second-order valence-electron chi connectivity index (χ2n) is 4.46. The summed E-state index contributed by atoms with van der Waals surface area (Å²) in [7, 11) is -4.08. The van der Waals surface area contributed by atoms with E-state index in [9.17, 15) is 12.8 Å². The van der Waals surface area contributed by atoms with Crippen molar-refractivity contribution in [3.8, 4) is 0 Å². The maximum atomic E-state index is 13.8. The van der Waals surface area contributed by atoms with E-state index in [4.69, 9.17) is 5.11 Å². The van der Waals surface area contributed by atoms with Crippen molar-refractivity contribution in [3.05, 3.63) is 57.8 Å². The van der Waals surface area contributed by atoms with E-state index in [2.05, 4.69) is 20.7 Å². The summed E-state index contributed by atoms with van der Waals surface area (Å²) in [6, 6.07) is 8.54. The molecule has 112 valence electrons. The second kappa shape index (κ2) is 6.13. The van der Waals surface area contributed by atoms with Gasteiger partial charge in [-0.2, -0.15) is 0 Å². The number of aliphatic hydroxyl groups is 1. The first-order chi connectivity index (χ1) is 9.85. The number of benzene rings is 2. The molecule has 0 unspecified atom stereocenters. The predicted octanol–water partition coefficient (Wildman–Crippen LogP) is 3.19. The summed E-state index contributed by atoms with van der Waals surface area (Å²) < 4.78 is 41.3. The Bertz CT molecular complexity index is 778. The Morgan fingerprint density at radius 3 is 2.67 bits per heavy atom. The highest BCUT2D eigenvalue weighted by Gasteiger charge is 2.21. The third kappa shape index (κ3) is 3.42. The van der Waals surface area contributed by atoms with E-state index in [1.165, 1.54) is 6.07 Å². The molecule has 2 N–H and O–H groups in total. The molecule has 21 heavy (non-hydrogen) atoms. The van der Waals surface area contributed by atoms with Crippen molar-refractivity contribution >= 4 is 31.6 Å². The summed E-state index contributed by atoms with van der Waals surface area (Å²) >= 11 is 3.29. The van der Waals surface area contributed by atoms with Crippen molar-refractivity contribution in [3.63, 3.8) is 0 Å². The van der Waals surface area contributed by atoms with Gasteiger partial charge >= 0.3 is 0 Å². The lowest BCUT2D eigenvalue weighted by atomic mass is 10.2. The topological polar surface area (TPSA) is 66.4 Å². The molecular weight excluding hydrogens is 361 g/mol. The van der Waals surface area contributed by atoms with Crippen LogP contribution in [0.5, 0.6) is 0 Å². The monoisotopic (exact) mass is 373 g/mol.